The summed E-state index contributed by atoms with van der Waals surface area (Å²) in [6.45, 7) is 2.57. The van der Waals surface area contributed by atoms with E-state index in [1.807, 2.05) is 0 Å². The first-order valence-electron chi connectivity index (χ1n) is 7.84. The van der Waals surface area contributed by atoms with Crippen molar-refractivity contribution < 1.29 is 9.47 Å². The van der Waals surface area contributed by atoms with E-state index in [9.17, 15) is 0 Å². The third-order valence-electron chi connectivity index (χ3n) is 3.46. The molecule has 0 saturated carbocycles. The summed E-state index contributed by atoms with van der Waals surface area (Å²) in [6.07, 6.45) is 11.7. The second kappa shape index (κ2) is 11.6. The molecular weight excluding hydrogens is 335 g/mol. The zero-order valence-corrected chi connectivity index (χ0v) is 15.5. The van der Waals surface area contributed by atoms with E-state index in [1.54, 1.807) is 0 Å². The molecule has 6 heteroatoms. The first-order valence-corrected chi connectivity index (χ1v) is 13.1. The van der Waals surface area contributed by atoms with E-state index in [2.05, 4.69) is 0 Å². The Hall–Kier alpha value is 1.01. The molecule has 1 aliphatic rings. The Morgan fingerprint density at radius 3 is 1.85 bits per heavy atom. The van der Waals surface area contributed by atoms with Gasteiger partial charge in [-0.15, -0.1) is 33.2 Å². The summed E-state index contributed by atoms with van der Waals surface area (Å²) in [5.74, 6) is 0. The van der Waals surface area contributed by atoms with Crippen LogP contribution in [0.15, 0.2) is 0 Å². The molecule has 1 heterocycles. The number of ether oxygens (including phenoxy) is 2. The summed E-state index contributed by atoms with van der Waals surface area (Å²) < 4.78 is 10.6. The molecule has 1 unspecified atom stereocenters. The average Bonchev–Trinajstić information content (AvgIpc) is 3.17. The largest absolute Gasteiger partial charge is 0.379 e. The maximum Gasteiger partial charge on any atom is 0.341 e. The molecule has 1 rings (SSSR count). The molecule has 0 amide bonds. The Morgan fingerprint density at radius 2 is 1.35 bits per heavy atom. The van der Waals surface area contributed by atoms with Crippen molar-refractivity contribution in [2.75, 3.05) is 19.8 Å². The summed E-state index contributed by atoms with van der Waals surface area (Å²) in [7, 11) is 0. The van der Waals surface area contributed by atoms with Crippen LogP contribution in [0.5, 0.6) is 0 Å². The zero-order valence-electron chi connectivity index (χ0n) is 12.2. The lowest BCUT2D eigenvalue weighted by atomic mass is 10.1. The molecule has 120 valence electrons. The van der Waals surface area contributed by atoms with Gasteiger partial charge in [-0.25, -0.2) is 0 Å². The molecule has 1 saturated heterocycles. The highest BCUT2D eigenvalue weighted by atomic mass is 35.8. The first-order chi connectivity index (χ1) is 9.58. The summed E-state index contributed by atoms with van der Waals surface area (Å²) in [5.41, 5.74) is 0. The normalized spacial score (nSPS) is 18.4. The third-order valence-corrected chi connectivity index (χ3v) is 6.08. The number of unbranched alkanes of at least 4 members (excludes halogenated alkanes) is 8. The van der Waals surface area contributed by atoms with Crippen molar-refractivity contribution in [2.24, 2.45) is 0 Å². The molecule has 0 aromatic rings. The summed E-state index contributed by atoms with van der Waals surface area (Å²) in [6, 6.07) is -1.55. The molecule has 20 heavy (non-hydrogen) atoms. The molecule has 0 bridgehead atoms. The van der Waals surface area contributed by atoms with Gasteiger partial charge in [-0.3, -0.25) is 0 Å². The standard InChI is InChI=1S/C14H27Cl3O2Si/c15-20(16,17)11-9-7-5-3-1-2-4-6-8-10-18-12-14-13-19-14/h14H,1-13H2. The SMILES string of the molecule is Cl[Si](Cl)(Cl)CCCCCCCCCCCOCC1CO1. The Labute approximate surface area is 138 Å². The first kappa shape index (κ1) is 19.1. The van der Waals surface area contributed by atoms with Gasteiger partial charge in [0.05, 0.1) is 13.2 Å². The lowest BCUT2D eigenvalue weighted by Crippen LogP contribution is -2.07. The molecular formula is C14H27Cl3O2Si. The van der Waals surface area contributed by atoms with Crippen molar-refractivity contribution >= 4 is 39.2 Å². The van der Waals surface area contributed by atoms with Crippen molar-refractivity contribution in [3.05, 3.63) is 0 Å². The summed E-state index contributed by atoms with van der Waals surface area (Å²) >= 11 is 17.5. The molecule has 0 aromatic carbocycles. The topological polar surface area (TPSA) is 21.8 Å². The van der Waals surface area contributed by atoms with Crippen LogP contribution in [0.1, 0.15) is 57.8 Å². The Balaban J connectivity index is 1.65. The summed E-state index contributed by atoms with van der Waals surface area (Å²) in [5, 5.41) is 0. The number of epoxide rings is 1. The Bertz CT molecular complexity index is 233. The smallest absolute Gasteiger partial charge is 0.341 e. The average molecular weight is 362 g/mol. The molecule has 0 N–H and O–H groups in total. The molecule has 0 radical (unpaired) electrons. The quantitative estimate of drug-likeness (QED) is 0.175. The van der Waals surface area contributed by atoms with Crippen molar-refractivity contribution in [1.82, 2.24) is 0 Å². The van der Waals surface area contributed by atoms with Crippen molar-refractivity contribution in [3.63, 3.8) is 0 Å². The predicted molar refractivity (Wildman–Crippen MR) is 90.2 cm³/mol. The van der Waals surface area contributed by atoms with Gasteiger partial charge < -0.3 is 9.47 Å². The van der Waals surface area contributed by atoms with E-state index < -0.39 is 6.00 Å². The molecule has 0 aromatic heterocycles. The number of halogens is 3. The van der Waals surface area contributed by atoms with E-state index in [0.29, 0.717) is 6.10 Å². The highest BCUT2D eigenvalue weighted by Gasteiger charge is 2.23. The molecule has 1 atom stereocenters. The maximum absolute atomic E-state index is 5.84. The molecule has 2 nitrogen and oxygen atoms in total. The van der Waals surface area contributed by atoms with Gasteiger partial charge in [0, 0.05) is 6.61 Å². The van der Waals surface area contributed by atoms with E-state index in [-0.39, 0.29) is 0 Å². The van der Waals surface area contributed by atoms with E-state index >= 15 is 0 Å². The van der Waals surface area contributed by atoms with Gasteiger partial charge >= 0.3 is 6.00 Å². The highest BCUT2D eigenvalue weighted by molar-refractivity contribution is 7.64. The second-order valence-electron chi connectivity index (χ2n) is 5.58. The minimum atomic E-state index is -2.36. The minimum Gasteiger partial charge on any atom is -0.379 e. The van der Waals surface area contributed by atoms with Crippen LogP contribution in [0.25, 0.3) is 0 Å². The molecule has 1 fully saturated rings. The minimum absolute atomic E-state index is 0.402. The van der Waals surface area contributed by atoms with Crippen LogP contribution in [-0.4, -0.2) is 31.9 Å². The number of hydrogen-bond donors (Lipinski definition) is 0. The fraction of sp³-hybridized carbons (Fsp3) is 1.00. The van der Waals surface area contributed by atoms with Crippen molar-refractivity contribution in [3.8, 4) is 0 Å². The maximum atomic E-state index is 5.84. The second-order valence-corrected chi connectivity index (χ2v) is 14.9. The van der Waals surface area contributed by atoms with Gasteiger partial charge in [0.15, 0.2) is 0 Å². The van der Waals surface area contributed by atoms with Crippen LogP contribution in [-0.2, 0) is 9.47 Å². The van der Waals surface area contributed by atoms with Crippen LogP contribution >= 0.6 is 33.2 Å². The number of rotatable bonds is 14. The van der Waals surface area contributed by atoms with Crippen LogP contribution < -0.4 is 0 Å². The van der Waals surface area contributed by atoms with E-state index in [4.69, 9.17) is 42.7 Å². The molecule has 1 aliphatic heterocycles. The number of hydrogen-bond acceptors (Lipinski definition) is 2. The van der Waals surface area contributed by atoms with Crippen LogP contribution in [0.2, 0.25) is 6.04 Å². The zero-order chi connectivity index (χ0) is 14.7. The van der Waals surface area contributed by atoms with Gasteiger partial charge in [0.25, 0.3) is 0 Å². The lowest BCUT2D eigenvalue weighted by molar-refractivity contribution is 0.113. The van der Waals surface area contributed by atoms with Crippen LogP contribution in [0.3, 0.4) is 0 Å². The van der Waals surface area contributed by atoms with Gasteiger partial charge in [0.1, 0.15) is 6.10 Å². The fourth-order valence-corrected chi connectivity index (χ4v) is 4.00. The Kier molecular flexibility index (Phi) is 11.0. The Morgan fingerprint density at radius 1 is 0.850 bits per heavy atom. The van der Waals surface area contributed by atoms with Gasteiger partial charge in [-0.05, 0) is 12.5 Å². The molecule has 0 spiro atoms. The van der Waals surface area contributed by atoms with Crippen LogP contribution in [0.4, 0.5) is 0 Å². The third kappa shape index (κ3) is 14.0. The predicted octanol–water partition coefficient (Wildman–Crippen LogP) is 5.57. The monoisotopic (exact) mass is 360 g/mol. The van der Waals surface area contributed by atoms with Crippen LogP contribution in [0, 0.1) is 0 Å². The van der Waals surface area contributed by atoms with E-state index in [0.717, 1.165) is 32.3 Å². The lowest BCUT2D eigenvalue weighted by Gasteiger charge is -2.07. The van der Waals surface area contributed by atoms with Gasteiger partial charge in [-0.2, -0.15) is 0 Å². The van der Waals surface area contributed by atoms with E-state index in [1.165, 1.54) is 51.4 Å². The van der Waals surface area contributed by atoms with Gasteiger partial charge in [-0.1, -0.05) is 51.4 Å². The van der Waals surface area contributed by atoms with Crippen molar-refractivity contribution in [2.45, 2.75) is 69.9 Å². The van der Waals surface area contributed by atoms with Gasteiger partial charge in [0.2, 0.25) is 0 Å². The van der Waals surface area contributed by atoms with Crippen molar-refractivity contribution in [1.29, 1.82) is 0 Å². The summed E-state index contributed by atoms with van der Waals surface area (Å²) in [4.78, 5) is 0. The highest BCUT2D eigenvalue weighted by Crippen LogP contribution is 2.27. The fourth-order valence-electron chi connectivity index (χ4n) is 2.15. The molecule has 0 aliphatic carbocycles.